The Morgan fingerprint density at radius 1 is 1.07 bits per heavy atom. The van der Waals surface area contributed by atoms with Crippen LogP contribution in [0, 0.1) is 0 Å². The van der Waals surface area contributed by atoms with Gasteiger partial charge < -0.3 is 5.32 Å². The highest BCUT2D eigenvalue weighted by Crippen LogP contribution is 2.43. The molecule has 2 aromatic carbocycles. The van der Waals surface area contributed by atoms with Crippen LogP contribution in [0.3, 0.4) is 0 Å². The highest BCUT2D eigenvalue weighted by Gasteiger charge is 2.39. The highest BCUT2D eigenvalue weighted by atomic mass is 32.2. The predicted molar refractivity (Wildman–Crippen MR) is 114 cm³/mol. The van der Waals surface area contributed by atoms with Crippen LogP contribution in [0.1, 0.15) is 41.6 Å². The molecule has 0 radical (unpaired) electrons. The maximum Gasteiger partial charge on any atom is 0.252 e. The molecule has 148 valence electrons. The van der Waals surface area contributed by atoms with E-state index >= 15 is 0 Å². The zero-order valence-corrected chi connectivity index (χ0v) is 17.4. The number of amides is 1. The Bertz CT molecular complexity index is 953. The normalized spacial score (nSPS) is 22.4. The first-order valence-corrected chi connectivity index (χ1v) is 12.5. The van der Waals surface area contributed by atoms with Gasteiger partial charge in [-0.3, -0.25) is 4.79 Å². The van der Waals surface area contributed by atoms with Crippen LogP contribution in [0.2, 0.25) is 0 Å². The second kappa shape index (κ2) is 7.91. The lowest BCUT2D eigenvalue weighted by atomic mass is 9.64. The molecule has 1 saturated carbocycles. The Morgan fingerprint density at radius 2 is 1.79 bits per heavy atom. The van der Waals surface area contributed by atoms with Crippen molar-refractivity contribution in [2.24, 2.45) is 0 Å². The van der Waals surface area contributed by atoms with Crippen molar-refractivity contribution in [2.45, 2.75) is 41.2 Å². The Kier molecular flexibility index (Phi) is 5.52. The molecule has 6 heteroatoms. The van der Waals surface area contributed by atoms with E-state index in [-0.39, 0.29) is 28.1 Å². The summed E-state index contributed by atoms with van der Waals surface area (Å²) in [6, 6.07) is 17.9. The number of nitrogens with one attached hydrogen (secondary N) is 1. The summed E-state index contributed by atoms with van der Waals surface area (Å²) in [6.45, 7) is 0.632. The minimum Gasteiger partial charge on any atom is -0.351 e. The molecule has 4 rings (SSSR count). The summed E-state index contributed by atoms with van der Waals surface area (Å²) in [6.07, 6.45) is 4.02. The standard InChI is InChI=1S/C22H25NO3S2/c24-21(23-16-22(12-6-13-22)17-7-2-1-3-8-17)19-9-4-5-10-20(19)27-18-11-14-28(25,26)15-18/h1-5,7-10,18H,6,11-16H2,(H,23,24). The van der Waals surface area contributed by atoms with E-state index in [4.69, 9.17) is 0 Å². The molecular weight excluding hydrogens is 390 g/mol. The van der Waals surface area contributed by atoms with Gasteiger partial charge >= 0.3 is 0 Å². The van der Waals surface area contributed by atoms with Crippen LogP contribution in [0.4, 0.5) is 0 Å². The molecule has 1 atom stereocenters. The first-order valence-electron chi connectivity index (χ1n) is 9.77. The second-order valence-corrected chi connectivity index (χ2v) is 11.4. The highest BCUT2D eigenvalue weighted by molar-refractivity contribution is 8.02. The maximum atomic E-state index is 12.9. The number of sulfone groups is 1. The first-order chi connectivity index (χ1) is 13.5. The molecule has 28 heavy (non-hydrogen) atoms. The third-order valence-electron chi connectivity index (χ3n) is 5.90. The predicted octanol–water partition coefficient (Wildman–Crippen LogP) is 3.82. The molecule has 4 nitrogen and oxygen atoms in total. The fraction of sp³-hybridized carbons (Fsp3) is 0.409. The average molecular weight is 416 g/mol. The van der Waals surface area contributed by atoms with Crippen LogP contribution < -0.4 is 5.32 Å². The molecule has 1 aliphatic carbocycles. The fourth-order valence-corrected chi connectivity index (χ4v) is 7.72. The maximum absolute atomic E-state index is 12.9. The van der Waals surface area contributed by atoms with Crippen LogP contribution in [-0.4, -0.2) is 37.6 Å². The third kappa shape index (κ3) is 4.13. The Hall–Kier alpha value is -1.79. The summed E-state index contributed by atoms with van der Waals surface area (Å²) in [5.74, 6) is 0.370. The Labute approximate surface area is 171 Å². The summed E-state index contributed by atoms with van der Waals surface area (Å²) in [5.41, 5.74) is 1.97. The number of carbonyl (C=O) groups is 1. The topological polar surface area (TPSA) is 63.2 Å². The molecule has 2 aromatic rings. The Balaban J connectivity index is 1.45. The van der Waals surface area contributed by atoms with Crippen molar-refractivity contribution >= 4 is 27.5 Å². The molecule has 0 bridgehead atoms. The molecule has 0 spiro atoms. The van der Waals surface area contributed by atoms with Crippen molar-refractivity contribution in [1.82, 2.24) is 5.32 Å². The summed E-state index contributed by atoms with van der Waals surface area (Å²) >= 11 is 1.52. The molecule has 1 N–H and O–H groups in total. The average Bonchev–Trinajstić information content (AvgIpc) is 3.00. The molecule has 1 aliphatic heterocycles. The van der Waals surface area contributed by atoms with Gasteiger partial charge in [-0.2, -0.15) is 0 Å². The van der Waals surface area contributed by atoms with Gasteiger partial charge in [-0.05, 0) is 37.0 Å². The zero-order valence-electron chi connectivity index (χ0n) is 15.8. The van der Waals surface area contributed by atoms with E-state index in [1.54, 1.807) is 0 Å². The van der Waals surface area contributed by atoms with Crippen LogP contribution in [0.25, 0.3) is 0 Å². The summed E-state index contributed by atoms with van der Waals surface area (Å²) in [7, 11) is -2.93. The van der Waals surface area contributed by atoms with Gasteiger partial charge in [-0.15, -0.1) is 11.8 Å². The number of hydrogen-bond donors (Lipinski definition) is 1. The van der Waals surface area contributed by atoms with Gasteiger partial charge in [0.1, 0.15) is 0 Å². The quantitative estimate of drug-likeness (QED) is 0.779. The number of rotatable bonds is 6. The number of hydrogen-bond acceptors (Lipinski definition) is 4. The smallest absolute Gasteiger partial charge is 0.252 e. The van der Waals surface area contributed by atoms with Crippen molar-refractivity contribution in [3.05, 3.63) is 65.7 Å². The van der Waals surface area contributed by atoms with E-state index in [9.17, 15) is 13.2 Å². The summed E-state index contributed by atoms with van der Waals surface area (Å²) < 4.78 is 23.5. The van der Waals surface area contributed by atoms with Crippen LogP contribution >= 0.6 is 11.8 Å². The van der Waals surface area contributed by atoms with E-state index < -0.39 is 9.84 Å². The van der Waals surface area contributed by atoms with Gasteiger partial charge in [0.15, 0.2) is 9.84 Å². The van der Waals surface area contributed by atoms with Crippen LogP contribution in [0.15, 0.2) is 59.5 Å². The Morgan fingerprint density at radius 3 is 2.43 bits per heavy atom. The van der Waals surface area contributed by atoms with Gasteiger partial charge in [0.05, 0.1) is 17.1 Å². The fourth-order valence-electron chi connectivity index (χ4n) is 4.10. The molecule has 1 heterocycles. The molecule has 1 amide bonds. The van der Waals surface area contributed by atoms with Gasteiger partial charge in [-0.25, -0.2) is 8.42 Å². The van der Waals surface area contributed by atoms with E-state index in [1.165, 1.54) is 23.7 Å². The SMILES string of the molecule is O=C(NCC1(c2ccccc2)CCC1)c1ccccc1SC1CCS(=O)(=O)C1. The van der Waals surface area contributed by atoms with Crippen molar-refractivity contribution < 1.29 is 13.2 Å². The van der Waals surface area contributed by atoms with Crippen molar-refractivity contribution in [3.8, 4) is 0 Å². The molecule has 0 aromatic heterocycles. The largest absolute Gasteiger partial charge is 0.351 e. The van der Waals surface area contributed by atoms with Crippen molar-refractivity contribution in [1.29, 1.82) is 0 Å². The van der Waals surface area contributed by atoms with Crippen molar-refractivity contribution in [3.63, 3.8) is 0 Å². The van der Waals surface area contributed by atoms with E-state index in [0.29, 0.717) is 18.5 Å². The minimum atomic E-state index is -2.93. The summed E-state index contributed by atoms with van der Waals surface area (Å²) in [5, 5.41) is 3.18. The molecule has 2 aliphatic rings. The molecule has 1 saturated heterocycles. The van der Waals surface area contributed by atoms with Gasteiger partial charge in [0.25, 0.3) is 5.91 Å². The van der Waals surface area contributed by atoms with E-state index in [1.807, 2.05) is 30.3 Å². The van der Waals surface area contributed by atoms with Crippen molar-refractivity contribution in [2.75, 3.05) is 18.1 Å². The van der Waals surface area contributed by atoms with Gasteiger partial charge in [0, 0.05) is 22.1 Å². The lowest BCUT2D eigenvalue weighted by molar-refractivity contribution is 0.0925. The first kappa shape index (κ1) is 19.5. The molecule has 1 unspecified atom stereocenters. The lowest BCUT2D eigenvalue weighted by Crippen LogP contribution is -2.45. The number of benzene rings is 2. The third-order valence-corrected chi connectivity index (χ3v) is 9.22. The van der Waals surface area contributed by atoms with E-state index in [0.717, 1.165) is 17.7 Å². The minimum absolute atomic E-state index is 0.0289. The van der Waals surface area contributed by atoms with E-state index in [2.05, 4.69) is 29.6 Å². The second-order valence-electron chi connectivity index (χ2n) is 7.82. The van der Waals surface area contributed by atoms with Gasteiger partial charge in [-0.1, -0.05) is 48.9 Å². The molecule has 2 fully saturated rings. The monoisotopic (exact) mass is 415 g/mol. The summed E-state index contributed by atoms with van der Waals surface area (Å²) in [4.78, 5) is 13.8. The number of carbonyl (C=O) groups excluding carboxylic acids is 1. The van der Waals surface area contributed by atoms with Crippen LogP contribution in [0.5, 0.6) is 0 Å². The lowest BCUT2D eigenvalue weighted by Gasteiger charge is -2.42. The number of thioether (sulfide) groups is 1. The molecular formula is C22H25NO3S2. The van der Waals surface area contributed by atoms with Gasteiger partial charge in [0.2, 0.25) is 0 Å². The van der Waals surface area contributed by atoms with Crippen LogP contribution in [-0.2, 0) is 15.3 Å². The zero-order chi connectivity index (χ0) is 19.6.